The normalized spacial score (nSPS) is 5.40. The molecule has 0 fully saturated rings. The van der Waals surface area contributed by atoms with Crippen LogP contribution in [0.3, 0.4) is 0 Å². The van der Waals surface area contributed by atoms with Crippen molar-refractivity contribution in [2.45, 2.75) is 0 Å². The van der Waals surface area contributed by atoms with Gasteiger partial charge in [0.2, 0.25) is 0 Å². The van der Waals surface area contributed by atoms with Gasteiger partial charge in [0.15, 0.2) is 0 Å². The Kier molecular flexibility index (Phi) is 7.81. The predicted octanol–water partition coefficient (Wildman–Crippen LogP) is -2.05. The summed E-state index contributed by atoms with van der Waals surface area (Å²) in [6.07, 6.45) is 0. The van der Waals surface area contributed by atoms with Gasteiger partial charge in [-0.15, -0.1) is 0 Å². The second-order valence-corrected chi connectivity index (χ2v) is 0.346. The minimum atomic E-state index is -2.17. The smallest absolute Gasteiger partial charge is 0.402 e. The third-order valence-electron chi connectivity index (χ3n) is 0. The third kappa shape index (κ3) is 211. The van der Waals surface area contributed by atoms with Crippen molar-refractivity contribution in [1.29, 1.82) is 0 Å². The van der Waals surface area contributed by atoms with Crippen LogP contribution in [0.25, 0.3) is 0 Å². The van der Waals surface area contributed by atoms with E-state index in [1.807, 2.05) is 0 Å². The van der Waals surface area contributed by atoms with Crippen LogP contribution in [0.2, 0.25) is 0 Å². The molecule has 0 aliphatic carbocycles. The molecule has 31 valence electrons. The van der Waals surface area contributed by atoms with Crippen molar-refractivity contribution in [2.75, 3.05) is 0 Å². The maximum absolute atomic E-state index is 7.17. The first kappa shape index (κ1) is 9.01. The predicted molar refractivity (Wildman–Crippen MR) is 12.4 cm³/mol. The van der Waals surface area contributed by atoms with Crippen molar-refractivity contribution in [3.63, 3.8) is 0 Å². The first-order valence-corrected chi connectivity index (χ1v) is 0.775. The zero-order valence-electron chi connectivity index (χ0n) is 2.30. The van der Waals surface area contributed by atoms with Crippen molar-refractivity contribution in [1.82, 2.24) is 0 Å². The molecular weight excluding hydrogens is 302 g/mol. The molecule has 3 N–H and O–H groups in total. The molecule has 0 saturated heterocycles. The summed E-state index contributed by atoms with van der Waals surface area (Å²) in [6.45, 7) is 0. The minimum absolute atomic E-state index is 0. The summed E-state index contributed by atoms with van der Waals surface area (Å²) in [7, 11) is -2.17. The van der Waals surface area contributed by atoms with E-state index in [2.05, 4.69) is 0 Å². The molecule has 0 aromatic heterocycles. The molecule has 0 aliphatic rings. The first-order valence-electron chi connectivity index (χ1n) is 0.775. The molecule has 0 aliphatic heterocycles. The van der Waals surface area contributed by atoms with E-state index in [-0.39, 0.29) is 14.3 Å². The van der Waals surface area contributed by atoms with Gasteiger partial charge in [0, 0.05) is 14.3 Å². The van der Waals surface area contributed by atoms with Gasteiger partial charge in [-0.25, -0.2) is 0 Å². The van der Waals surface area contributed by atoms with Crippen LogP contribution < -0.4 is 0 Å². The van der Waals surface area contributed by atoms with Crippen molar-refractivity contribution >= 4 is 7.32 Å². The van der Waals surface area contributed by atoms with Gasteiger partial charge in [0.1, 0.15) is 0 Å². The second-order valence-electron chi connectivity index (χ2n) is 0.346. The van der Waals surface area contributed by atoms with Gasteiger partial charge in [-0.1, -0.05) is 0 Å². The quantitative estimate of drug-likeness (QED) is 0.452. The molecule has 0 aromatic rings. The number of hydrogen-bond donors (Lipinski definition) is 3. The summed E-state index contributed by atoms with van der Waals surface area (Å²) in [5.41, 5.74) is 0. The summed E-state index contributed by atoms with van der Waals surface area (Å²) in [5, 5.41) is 21.5. The van der Waals surface area contributed by atoms with Gasteiger partial charge < -0.3 is 15.1 Å². The van der Waals surface area contributed by atoms with Crippen LogP contribution in [0.15, 0.2) is 0 Å². The van der Waals surface area contributed by atoms with Crippen LogP contribution in [0, 0.1) is 14.3 Å². The third-order valence-corrected chi connectivity index (χ3v) is 0. The monoisotopic (exact) mass is 303 g/mol. The minimum Gasteiger partial charge on any atom is -0.402 e. The molecule has 1 radical (unpaired) electrons. The molecule has 5 heavy (non-hydrogen) atoms. The molecule has 3 nitrogen and oxygen atoms in total. The van der Waals surface area contributed by atoms with E-state index in [1.165, 1.54) is 0 Å². The van der Waals surface area contributed by atoms with E-state index < -0.39 is 7.32 Å². The second kappa shape index (κ2) is 4.33. The summed E-state index contributed by atoms with van der Waals surface area (Å²) >= 11 is 0. The summed E-state index contributed by atoms with van der Waals surface area (Å²) < 4.78 is 0. The van der Waals surface area contributed by atoms with E-state index in [1.54, 1.807) is 0 Å². The van der Waals surface area contributed by atoms with Gasteiger partial charge in [0.25, 0.3) is 0 Å². The Labute approximate surface area is 37.6 Å². The van der Waals surface area contributed by atoms with E-state index >= 15 is 0 Å². The average Bonchev–Trinajstić information content (AvgIpc) is 0.811. The van der Waals surface area contributed by atoms with E-state index in [9.17, 15) is 0 Å². The molecule has 0 aromatic carbocycles. The molecule has 5 heteroatoms. The van der Waals surface area contributed by atoms with E-state index in [0.717, 1.165) is 0 Å². The Morgan fingerprint density at radius 1 is 1.00 bits per heavy atom. The summed E-state index contributed by atoms with van der Waals surface area (Å²) in [4.78, 5) is 0. The average molecular weight is 305 g/mol. The number of hydrogen-bond acceptors (Lipinski definition) is 3. The van der Waals surface area contributed by atoms with Crippen LogP contribution in [-0.4, -0.2) is 22.4 Å². The molecule has 0 rings (SSSR count). The van der Waals surface area contributed by atoms with Gasteiger partial charge in [-0.2, -0.15) is 0 Å². The Bertz CT molecular complexity index is 11.6. The SMILES string of the molecule is OB(O)O.[Am]. The molecule has 0 saturated carbocycles. The standard InChI is InChI=1S/Am.BH3O3/c;2-1(3)4/h;2-4H. The fourth-order valence-electron chi connectivity index (χ4n) is 0. The Morgan fingerprint density at radius 3 is 1.00 bits per heavy atom. The zero-order valence-corrected chi connectivity index (χ0v) is 5.44. The van der Waals surface area contributed by atoms with Crippen LogP contribution >= 0.6 is 0 Å². The number of rotatable bonds is 0. The fourth-order valence-corrected chi connectivity index (χ4v) is 0. The molecule has 0 unspecified atom stereocenters. The molecule has 0 heterocycles. The molecule has 0 atom stereocenters. The zero-order chi connectivity index (χ0) is 3.58. The largest absolute Gasteiger partial charge is 0.631 e. The molecular formula is H3AmBO3. The Morgan fingerprint density at radius 2 is 1.00 bits per heavy atom. The van der Waals surface area contributed by atoms with E-state index in [0.29, 0.717) is 0 Å². The Hall–Kier alpha value is 0.335. The van der Waals surface area contributed by atoms with Gasteiger partial charge in [0.05, 0.1) is 0 Å². The van der Waals surface area contributed by atoms with Crippen LogP contribution in [0.4, 0.5) is 0 Å². The van der Waals surface area contributed by atoms with Crippen LogP contribution in [0.5, 0.6) is 0 Å². The van der Waals surface area contributed by atoms with Gasteiger partial charge in [-0.3, -0.25) is 0 Å². The van der Waals surface area contributed by atoms with Crippen molar-refractivity contribution in [3.8, 4) is 0 Å². The maximum atomic E-state index is 7.17. The van der Waals surface area contributed by atoms with Gasteiger partial charge >= 0.3 is 7.32 Å². The Balaban J connectivity index is 0. The summed E-state index contributed by atoms with van der Waals surface area (Å²) in [6, 6.07) is 0. The van der Waals surface area contributed by atoms with E-state index in [4.69, 9.17) is 15.1 Å². The first-order chi connectivity index (χ1) is 1.73. The van der Waals surface area contributed by atoms with Crippen LogP contribution in [-0.2, 0) is 0 Å². The molecule has 0 amide bonds. The fraction of sp³-hybridized carbons (Fsp3) is 0. The van der Waals surface area contributed by atoms with Crippen molar-refractivity contribution in [3.05, 3.63) is 0 Å². The van der Waals surface area contributed by atoms with Crippen LogP contribution in [0.1, 0.15) is 0 Å². The van der Waals surface area contributed by atoms with Gasteiger partial charge in [-0.05, 0) is 0 Å². The summed E-state index contributed by atoms with van der Waals surface area (Å²) in [5.74, 6) is 0. The molecule has 0 spiro atoms. The topological polar surface area (TPSA) is 60.7 Å². The maximum Gasteiger partial charge on any atom is 0.631 e. The molecule has 0 bridgehead atoms. The van der Waals surface area contributed by atoms with Crippen molar-refractivity contribution < 1.29 is 29.4 Å². The van der Waals surface area contributed by atoms with Crippen molar-refractivity contribution in [2.24, 2.45) is 0 Å².